The van der Waals surface area contributed by atoms with Crippen molar-refractivity contribution in [1.29, 1.82) is 0 Å². The van der Waals surface area contributed by atoms with E-state index in [1.165, 1.54) is 22.5 Å². The number of carbonyl (C=O) groups is 1. The molecule has 1 atom stereocenters. The molecule has 1 aromatic carbocycles. The topological polar surface area (TPSA) is 69.7 Å². The molecule has 1 N–H and O–H groups in total. The van der Waals surface area contributed by atoms with Gasteiger partial charge in [0, 0.05) is 38.1 Å². The number of sulfonamides is 1. The molecule has 0 saturated carbocycles. The zero-order chi connectivity index (χ0) is 18.7. The SMILES string of the molecule is CNC1CCCN(C(=O)C2CCN(S(=O)(=O)c3ccccc3F)CC2)C1. The molecule has 0 radical (unpaired) electrons. The fourth-order valence-corrected chi connectivity index (χ4v) is 5.34. The Balaban J connectivity index is 1.62. The third kappa shape index (κ3) is 3.92. The normalized spacial score (nSPS) is 23.2. The lowest BCUT2D eigenvalue weighted by molar-refractivity contribution is -0.138. The zero-order valence-corrected chi connectivity index (χ0v) is 15.8. The average molecular weight is 383 g/mol. The molecule has 6 nitrogen and oxygen atoms in total. The summed E-state index contributed by atoms with van der Waals surface area (Å²) >= 11 is 0. The average Bonchev–Trinajstić information content (AvgIpc) is 2.67. The highest BCUT2D eigenvalue weighted by Gasteiger charge is 2.35. The second-order valence-electron chi connectivity index (χ2n) is 7.02. The summed E-state index contributed by atoms with van der Waals surface area (Å²) in [4.78, 5) is 14.4. The number of benzene rings is 1. The van der Waals surface area contributed by atoms with Gasteiger partial charge < -0.3 is 10.2 Å². The number of rotatable bonds is 4. The molecule has 0 aliphatic carbocycles. The molecule has 2 aliphatic heterocycles. The van der Waals surface area contributed by atoms with Crippen LogP contribution in [0.4, 0.5) is 4.39 Å². The predicted molar refractivity (Wildman–Crippen MR) is 96.5 cm³/mol. The van der Waals surface area contributed by atoms with Crippen molar-refractivity contribution in [1.82, 2.24) is 14.5 Å². The third-order valence-electron chi connectivity index (χ3n) is 5.40. The van der Waals surface area contributed by atoms with Crippen molar-refractivity contribution >= 4 is 15.9 Å². The Kier molecular flexibility index (Phi) is 5.94. The first-order valence-electron chi connectivity index (χ1n) is 9.14. The van der Waals surface area contributed by atoms with E-state index in [2.05, 4.69) is 5.32 Å². The molecule has 3 rings (SSSR count). The number of likely N-dealkylation sites (N-methyl/N-ethyl adjacent to an activating group) is 1. The lowest BCUT2D eigenvalue weighted by atomic mass is 9.95. The van der Waals surface area contributed by atoms with Gasteiger partial charge in [0.25, 0.3) is 0 Å². The minimum Gasteiger partial charge on any atom is -0.341 e. The highest BCUT2D eigenvalue weighted by atomic mass is 32.2. The summed E-state index contributed by atoms with van der Waals surface area (Å²) < 4.78 is 40.5. The highest BCUT2D eigenvalue weighted by Crippen LogP contribution is 2.27. The van der Waals surface area contributed by atoms with Crippen molar-refractivity contribution < 1.29 is 17.6 Å². The Morgan fingerprint density at radius 3 is 2.50 bits per heavy atom. The Labute approximate surface area is 154 Å². The molecule has 8 heteroatoms. The van der Waals surface area contributed by atoms with E-state index in [0.29, 0.717) is 25.4 Å². The second kappa shape index (κ2) is 8.02. The largest absolute Gasteiger partial charge is 0.341 e. The van der Waals surface area contributed by atoms with Crippen molar-refractivity contribution in [3.8, 4) is 0 Å². The van der Waals surface area contributed by atoms with Gasteiger partial charge in [-0.25, -0.2) is 12.8 Å². The van der Waals surface area contributed by atoms with Crippen molar-refractivity contribution in [3.63, 3.8) is 0 Å². The first-order valence-corrected chi connectivity index (χ1v) is 10.6. The first kappa shape index (κ1) is 19.3. The highest BCUT2D eigenvalue weighted by molar-refractivity contribution is 7.89. The van der Waals surface area contributed by atoms with Crippen LogP contribution < -0.4 is 5.32 Å². The quantitative estimate of drug-likeness (QED) is 0.854. The summed E-state index contributed by atoms with van der Waals surface area (Å²) in [5.41, 5.74) is 0. The summed E-state index contributed by atoms with van der Waals surface area (Å²) in [6, 6.07) is 5.75. The van der Waals surface area contributed by atoms with Crippen LogP contribution in [0.1, 0.15) is 25.7 Å². The van der Waals surface area contributed by atoms with Crippen LogP contribution in [0.25, 0.3) is 0 Å². The Morgan fingerprint density at radius 2 is 1.85 bits per heavy atom. The molecule has 1 aromatic rings. The standard InChI is InChI=1S/C18H26FN3O3S/c1-20-15-5-4-10-21(13-15)18(23)14-8-11-22(12-9-14)26(24,25)17-7-3-2-6-16(17)19/h2-3,6-7,14-15,20H,4-5,8-13H2,1H3. The van der Waals surface area contributed by atoms with E-state index >= 15 is 0 Å². The molecule has 2 heterocycles. The van der Waals surface area contributed by atoms with Gasteiger partial charge in [-0.05, 0) is 44.9 Å². The van der Waals surface area contributed by atoms with Crippen molar-refractivity contribution in [2.45, 2.75) is 36.6 Å². The van der Waals surface area contributed by atoms with Crippen LogP contribution in [0.2, 0.25) is 0 Å². The molecule has 2 aliphatic rings. The van der Waals surface area contributed by atoms with E-state index in [1.807, 2.05) is 11.9 Å². The molecule has 0 spiro atoms. The molecule has 144 valence electrons. The summed E-state index contributed by atoms with van der Waals surface area (Å²) in [5.74, 6) is -0.775. The molecule has 0 aromatic heterocycles. The van der Waals surface area contributed by atoms with Crippen LogP contribution in [0.15, 0.2) is 29.2 Å². The molecule has 0 bridgehead atoms. The summed E-state index contributed by atoms with van der Waals surface area (Å²) in [7, 11) is -1.95. The van der Waals surface area contributed by atoms with Gasteiger partial charge in [-0.3, -0.25) is 4.79 Å². The third-order valence-corrected chi connectivity index (χ3v) is 7.33. The minimum absolute atomic E-state index is 0.118. The number of halogens is 1. The van der Waals surface area contributed by atoms with Gasteiger partial charge in [-0.1, -0.05) is 12.1 Å². The van der Waals surface area contributed by atoms with Crippen molar-refractivity contribution in [2.75, 3.05) is 33.2 Å². The van der Waals surface area contributed by atoms with Crippen molar-refractivity contribution in [3.05, 3.63) is 30.1 Å². The van der Waals surface area contributed by atoms with Gasteiger partial charge in [-0.2, -0.15) is 4.31 Å². The zero-order valence-electron chi connectivity index (χ0n) is 15.0. The molecule has 2 saturated heterocycles. The predicted octanol–water partition coefficient (Wildman–Crippen LogP) is 1.44. The van der Waals surface area contributed by atoms with E-state index in [-0.39, 0.29) is 29.8 Å². The van der Waals surface area contributed by atoms with Crippen LogP contribution in [-0.2, 0) is 14.8 Å². The molecule has 2 fully saturated rings. The summed E-state index contributed by atoms with van der Waals surface area (Å²) in [5, 5.41) is 3.23. The van der Waals surface area contributed by atoms with Gasteiger partial charge in [0.1, 0.15) is 10.7 Å². The molecule has 1 unspecified atom stereocenters. The van der Waals surface area contributed by atoms with Crippen LogP contribution in [-0.4, -0.2) is 62.8 Å². The molecule has 1 amide bonds. The fraction of sp³-hybridized carbons (Fsp3) is 0.611. The lowest BCUT2D eigenvalue weighted by Gasteiger charge is -2.37. The van der Waals surface area contributed by atoms with Gasteiger partial charge in [0.15, 0.2) is 0 Å². The van der Waals surface area contributed by atoms with Crippen LogP contribution >= 0.6 is 0 Å². The number of carbonyl (C=O) groups excluding carboxylic acids is 1. The van der Waals surface area contributed by atoms with E-state index in [0.717, 1.165) is 25.5 Å². The number of likely N-dealkylation sites (tertiary alicyclic amines) is 1. The molecular formula is C18H26FN3O3S. The van der Waals surface area contributed by atoms with Gasteiger partial charge in [0.2, 0.25) is 15.9 Å². The van der Waals surface area contributed by atoms with E-state index in [1.54, 1.807) is 0 Å². The monoisotopic (exact) mass is 383 g/mol. The van der Waals surface area contributed by atoms with E-state index in [9.17, 15) is 17.6 Å². The Morgan fingerprint density at radius 1 is 1.15 bits per heavy atom. The van der Waals surface area contributed by atoms with E-state index in [4.69, 9.17) is 0 Å². The molecule has 26 heavy (non-hydrogen) atoms. The Hall–Kier alpha value is -1.51. The number of piperidine rings is 2. The van der Waals surface area contributed by atoms with Gasteiger partial charge in [0.05, 0.1) is 0 Å². The second-order valence-corrected chi connectivity index (χ2v) is 8.93. The van der Waals surface area contributed by atoms with Crippen LogP contribution in [0, 0.1) is 11.7 Å². The summed E-state index contributed by atoms with van der Waals surface area (Å²) in [6.45, 7) is 1.97. The lowest BCUT2D eigenvalue weighted by Crippen LogP contribution is -2.50. The number of nitrogens with one attached hydrogen (secondary N) is 1. The maximum Gasteiger partial charge on any atom is 0.245 e. The van der Waals surface area contributed by atoms with Gasteiger partial charge >= 0.3 is 0 Å². The number of hydrogen-bond donors (Lipinski definition) is 1. The maximum atomic E-state index is 13.9. The van der Waals surface area contributed by atoms with E-state index < -0.39 is 15.8 Å². The smallest absolute Gasteiger partial charge is 0.245 e. The van der Waals surface area contributed by atoms with Crippen LogP contribution in [0.5, 0.6) is 0 Å². The number of hydrogen-bond acceptors (Lipinski definition) is 4. The minimum atomic E-state index is -3.86. The maximum absolute atomic E-state index is 13.9. The van der Waals surface area contributed by atoms with Crippen molar-refractivity contribution in [2.24, 2.45) is 5.92 Å². The number of amides is 1. The number of nitrogens with zero attached hydrogens (tertiary/aromatic N) is 2. The summed E-state index contributed by atoms with van der Waals surface area (Å²) in [6.07, 6.45) is 3.01. The fourth-order valence-electron chi connectivity index (χ4n) is 3.81. The molecular weight excluding hydrogens is 357 g/mol. The first-order chi connectivity index (χ1) is 12.4. The van der Waals surface area contributed by atoms with Gasteiger partial charge in [-0.15, -0.1) is 0 Å². The van der Waals surface area contributed by atoms with Crippen LogP contribution in [0.3, 0.4) is 0 Å². The Bertz CT molecular complexity index is 748.